The summed E-state index contributed by atoms with van der Waals surface area (Å²) in [5.41, 5.74) is -0.689. The van der Waals surface area contributed by atoms with Gasteiger partial charge >= 0.3 is 0 Å². The maximum Gasteiger partial charge on any atom is 0.0644 e. The molecular weight excluding hydrogens is 284 g/mol. The Bertz CT molecular complexity index is 236. The van der Waals surface area contributed by atoms with Gasteiger partial charge in [0.25, 0.3) is 0 Å². The highest BCUT2D eigenvalue weighted by Gasteiger charge is 2.21. The fraction of sp³-hybridized carbons (Fsp3) is 1.00. The molecule has 2 N–H and O–H groups in total. The lowest BCUT2D eigenvalue weighted by molar-refractivity contribution is 0.000895. The molecule has 0 spiro atoms. The van der Waals surface area contributed by atoms with Gasteiger partial charge in [-0.1, -0.05) is 96.8 Å². The van der Waals surface area contributed by atoms with Crippen LogP contribution in [0.2, 0.25) is 0 Å². The SMILES string of the molecule is CCCCCCCCCCCCCCCC[C@@](C)(O)CC(C)O. The molecule has 0 saturated carbocycles. The molecule has 0 amide bonds. The second-order valence-corrected chi connectivity index (χ2v) is 7.90. The molecule has 0 radical (unpaired) electrons. The number of aliphatic hydroxyl groups excluding tert-OH is 1. The molecule has 140 valence electrons. The van der Waals surface area contributed by atoms with Crippen LogP contribution in [0.25, 0.3) is 0 Å². The quantitative estimate of drug-likeness (QED) is 0.304. The van der Waals surface area contributed by atoms with Crippen molar-refractivity contribution in [2.45, 2.75) is 135 Å². The number of hydrogen-bond acceptors (Lipinski definition) is 2. The van der Waals surface area contributed by atoms with E-state index in [9.17, 15) is 10.2 Å². The van der Waals surface area contributed by atoms with Crippen LogP contribution in [-0.2, 0) is 0 Å². The maximum absolute atomic E-state index is 10.1. The van der Waals surface area contributed by atoms with Crippen molar-refractivity contribution in [2.24, 2.45) is 0 Å². The summed E-state index contributed by atoms with van der Waals surface area (Å²) in [4.78, 5) is 0. The first-order valence-electron chi connectivity index (χ1n) is 10.4. The summed E-state index contributed by atoms with van der Waals surface area (Å²) in [6.07, 6.45) is 19.9. The summed E-state index contributed by atoms with van der Waals surface area (Å²) in [6.45, 7) is 5.87. The predicted molar refractivity (Wildman–Crippen MR) is 102 cm³/mol. The van der Waals surface area contributed by atoms with Gasteiger partial charge in [0, 0.05) is 6.42 Å². The molecule has 23 heavy (non-hydrogen) atoms. The largest absolute Gasteiger partial charge is 0.393 e. The number of hydrogen-bond donors (Lipinski definition) is 2. The Morgan fingerprint density at radius 3 is 1.39 bits per heavy atom. The van der Waals surface area contributed by atoms with Gasteiger partial charge in [0.1, 0.15) is 0 Å². The molecule has 0 aromatic rings. The van der Waals surface area contributed by atoms with Gasteiger partial charge in [-0.2, -0.15) is 0 Å². The van der Waals surface area contributed by atoms with Crippen LogP contribution in [0.5, 0.6) is 0 Å². The number of rotatable bonds is 17. The summed E-state index contributed by atoms with van der Waals surface area (Å²) in [5.74, 6) is 0. The first-order valence-corrected chi connectivity index (χ1v) is 10.4. The highest BCUT2D eigenvalue weighted by atomic mass is 16.3. The third kappa shape index (κ3) is 18.1. The van der Waals surface area contributed by atoms with Crippen LogP contribution < -0.4 is 0 Å². The highest BCUT2D eigenvalue weighted by molar-refractivity contribution is 4.74. The maximum atomic E-state index is 10.1. The molecule has 0 aliphatic heterocycles. The van der Waals surface area contributed by atoms with Crippen molar-refractivity contribution in [2.75, 3.05) is 0 Å². The van der Waals surface area contributed by atoms with E-state index in [1.165, 1.54) is 83.5 Å². The highest BCUT2D eigenvalue weighted by Crippen LogP contribution is 2.21. The third-order valence-corrected chi connectivity index (χ3v) is 4.80. The van der Waals surface area contributed by atoms with Crippen molar-refractivity contribution >= 4 is 0 Å². The number of aliphatic hydroxyl groups is 2. The Morgan fingerprint density at radius 1 is 0.696 bits per heavy atom. The Balaban J connectivity index is 3.19. The fourth-order valence-electron chi connectivity index (χ4n) is 3.44. The van der Waals surface area contributed by atoms with E-state index in [1.54, 1.807) is 6.92 Å². The van der Waals surface area contributed by atoms with Gasteiger partial charge < -0.3 is 10.2 Å². The standard InChI is InChI=1S/C21H44O2/c1-4-5-6-7-8-9-10-11-12-13-14-15-16-17-18-21(3,23)19-20(2)22/h20,22-23H,4-19H2,1-3H3/t20?,21-/m1/s1. The van der Waals surface area contributed by atoms with Gasteiger partial charge in [-0.25, -0.2) is 0 Å². The monoisotopic (exact) mass is 328 g/mol. The zero-order valence-corrected chi connectivity index (χ0v) is 16.3. The Hall–Kier alpha value is -0.0800. The normalized spacial score (nSPS) is 15.5. The van der Waals surface area contributed by atoms with Crippen LogP contribution in [0.4, 0.5) is 0 Å². The van der Waals surface area contributed by atoms with Crippen molar-refractivity contribution in [3.63, 3.8) is 0 Å². The molecule has 0 fully saturated rings. The smallest absolute Gasteiger partial charge is 0.0644 e. The molecular formula is C21H44O2. The van der Waals surface area contributed by atoms with E-state index in [2.05, 4.69) is 6.92 Å². The van der Waals surface area contributed by atoms with Crippen LogP contribution in [0, 0.1) is 0 Å². The van der Waals surface area contributed by atoms with Crippen LogP contribution in [-0.4, -0.2) is 21.9 Å². The van der Waals surface area contributed by atoms with Gasteiger partial charge in [-0.3, -0.25) is 0 Å². The van der Waals surface area contributed by atoms with Crippen molar-refractivity contribution in [1.82, 2.24) is 0 Å². The van der Waals surface area contributed by atoms with E-state index >= 15 is 0 Å². The fourth-order valence-corrected chi connectivity index (χ4v) is 3.44. The second kappa shape index (κ2) is 15.4. The Labute approximate surface area is 146 Å². The molecule has 2 atom stereocenters. The van der Waals surface area contributed by atoms with E-state index in [1.807, 2.05) is 6.92 Å². The van der Waals surface area contributed by atoms with E-state index in [4.69, 9.17) is 0 Å². The minimum Gasteiger partial charge on any atom is -0.393 e. The summed E-state index contributed by atoms with van der Waals surface area (Å²) < 4.78 is 0. The molecule has 0 heterocycles. The lowest BCUT2D eigenvalue weighted by Gasteiger charge is -2.24. The topological polar surface area (TPSA) is 40.5 Å². The van der Waals surface area contributed by atoms with Crippen LogP contribution in [0.1, 0.15) is 124 Å². The number of unbranched alkanes of at least 4 members (excludes halogenated alkanes) is 13. The summed E-state index contributed by atoms with van der Waals surface area (Å²) in [7, 11) is 0. The van der Waals surface area contributed by atoms with Crippen molar-refractivity contribution in [3.05, 3.63) is 0 Å². The van der Waals surface area contributed by atoms with Gasteiger partial charge in [0.15, 0.2) is 0 Å². The van der Waals surface area contributed by atoms with E-state index in [-0.39, 0.29) is 0 Å². The first-order chi connectivity index (χ1) is 11.0. The van der Waals surface area contributed by atoms with E-state index < -0.39 is 11.7 Å². The Morgan fingerprint density at radius 2 is 1.04 bits per heavy atom. The molecule has 0 aliphatic rings. The molecule has 0 aromatic carbocycles. The van der Waals surface area contributed by atoms with Gasteiger partial charge in [0.2, 0.25) is 0 Å². The van der Waals surface area contributed by atoms with Crippen molar-refractivity contribution in [3.8, 4) is 0 Å². The molecule has 0 saturated heterocycles. The molecule has 0 bridgehead atoms. The zero-order valence-electron chi connectivity index (χ0n) is 16.3. The van der Waals surface area contributed by atoms with Gasteiger partial charge in [-0.05, 0) is 20.3 Å². The molecule has 0 aliphatic carbocycles. The minimum absolute atomic E-state index is 0.406. The zero-order chi connectivity index (χ0) is 17.4. The predicted octanol–water partition coefficient (Wildman–Crippen LogP) is 6.38. The molecule has 1 unspecified atom stereocenters. The van der Waals surface area contributed by atoms with Crippen molar-refractivity contribution < 1.29 is 10.2 Å². The molecule has 0 aromatic heterocycles. The van der Waals surface area contributed by atoms with Crippen LogP contribution in [0.3, 0.4) is 0 Å². The second-order valence-electron chi connectivity index (χ2n) is 7.90. The lowest BCUT2D eigenvalue weighted by Crippen LogP contribution is -2.28. The molecule has 2 heteroatoms. The minimum atomic E-state index is -0.689. The summed E-state index contributed by atoms with van der Waals surface area (Å²) >= 11 is 0. The first kappa shape index (κ1) is 22.9. The molecule has 2 nitrogen and oxygen atoms in total. The van der Waals surface area contributed by atoms with Gasteiger partial charge in [-0.15, -0.1) is 0 Å². The summed E-state index contributed by atoms with van der Waals surface area (Å²) in [6, 6.07) is 0. The average Bonchev–Trinajstić information content (AvgIpc) is 2.46. The summed E-state index contributed by atoms with van der Waals surface area (Å²) in [5, 5.41) is 19.5. The van der Waals surface area contributed by atoms with Crippen molar-refractivity contribution in [1.29, 1.82) is 0 Å². The average molecular weight is 329 g/mol. The van der Waals surface area contributed by atoms with Gasteiger partial charge in [0.05, 0.1) is 11.7 Å². The van der Waals surface area contributed by atoms with Crippen LogP contribution >= 0.6 is 0 Å². The third-order valence-electron chi connectivity index (χ3n) is 4.80. The molecule has 0 rings (SSSR count). The Kier molecular flexibility index (Phi) is 15.4. The van der Waals surface area contributed by atoms with Crippen LogP contribution in [0.15, 0.2) is 0 Å². The van der Waals surface area contributed by atoms with E-state index in [0.717, 1.165) is 12.8 Å². The van der Waals surface area contributed by atoms with E-state index in [0.29, 0.717) is 6.42 Å². The lowest BCUT2D eigenvalue weighted by atomic mass is 9.92.